The Morgan fingerprint density at radius 3 is 3.00 bits per heavy atom. The fourth-order valence-electron chi connectivity index (χ4n) is 2.67. The van der Waals surface area contributed by atoms with Gasteiger partial charge in [-0.05, 0) is 37.9 Å². The van der Waals surface area contributed by atoms with E-state index in [2.05, 4.69) is 24.2 Å². The monoisotopic (exact) mass is 222 g/mol. The maximum absolute atomic E-state index is 5.10. The van der Waals surface area contributed by atoms with Crippen LogP contribution >= 0.6 is 0 Å². The maximum Gasteiger partial charge on any atom is 0.0947 e. The molecular formula is C13H22N2O. The molecule has 0 bridgehead atoms. The van der Waals surface area contributed by atoms with Crippen molar-refractivity contribution in [3.63, 3.8) is 0 Å². The molecule has 0 radical (unpaired) electrons. The summed E-state index contributed by atoms with van der Waals surface area (Å²) in [5.74, 6) is 0. The molecule has 0 aromatic carbocycles. The predicted octanol–water partition coefficient (Wildman–Crippen LogP) is 2.10. The predicted molar refractivity (Wildman–Crippen MR) is 65.3 cm³/mol. The Balaban J connectivity index is 1.88. The normalized spacial score (nSPS) is 25.4. The Labute approximate surface area is 97.8 Å². The van der Waals surface area contributed by atoms with E-state index in [1.165, 1.54) is 38.0 Å². The van der Waals surface area contributed by atoms with Crippen LogP contribution in [0.15, 0.2) is 23.0 Å². The molecule has 1 N–H and O–H groups in total. The van der Waals surface area contributed by atoms with Gasteiger partial charge in [-0.1, -0.05) is 6.92 Å². The standard InChI is InChI=1S/C13H22N2O/c1-3-13(5-6-14-10-13)11-15(2)8-12-4-7-16-9-12/h4,7,9,14H,3,5-6,8,10-11H2,1-2H3. The highest BCUT2D eigenvalue weighted by Gasteiger charge is 2.32. The highest BCUT2D eigenvalue weighted by Crippen LogP contribution is 2.30. The molecule has 1 aliphatic heterocycles. The molecule has 3 nitrogen and oxygen atoms in total. The van der Waals surface area contributed by atoms with E-state index in [4.69, 9.17) is 4.42 Å². The van der Waals surface area contributed by atoms with Gasteiger partial charge in [0.25, 0.3) is 0 Å². The minimum atomic E-state index is 0.485. The van der Waals surface area contributed by atoms with Crippen LogP contribution in [0.3, 0.4) is 0 Å². The van der Waals surface area contributed by atoms with E-state index in [-0.39, 0.29) is 0 Å². The summed E-state index contributed by atoms with van der Waals surface area (Å²) in [5, 5.41) is 3.48. The molecule has 0 aliphatic carbocycles. The first kappa shape index (κ1) is 11.7. The van der Waals surface area contributed by atoms with Crippen molar-refractivity contribution in [1.29, 1.82) is 0 Å². The molecule has 1 saturated heterocycles. The number of hydrogen-bond acceptors (Lipinski definition) is 3. The van der Waals surface area contributed by atoms with Crippen molar-refractivity contribution < 1.29 is 4.42 Å². The molecular weight excluding hydrogens is 200 g/mol. The Hall–Kier alpha value is -0.800. The first-order valence-electron chi connectivity index (χ1n) is 6.14. The zero-order valence-corrected chi connectivity index (χ0v) is 10.3. The van der Waals surface area contributed by atoms with Crippen LogP contribution in [0, 0.1) is 5.41 Å². The van der Waals surface area contributed by atoms with Gasteiger partial charge in [0, 0.05) is 25.2 Å². The molecule has 0 saturated carbocycles. The minimum Gasteiger partial charge on any atom is -0.472 e. The second kappa shape index (κ2) is 5.02. The SMILES string of the molecule is CCC1(CN(C)Cc2ccoc2)CCNC1. The fourth-order valence-corrected chi connectivity index (χ4v) is 2.67. The van der Waals surface area contributed by atoms with E-state index in [1.54, 1.807) is 6.26 Å². The summed E-state index contributed by atoms with van der Waals surface area (Å²) in [4.78, 5) is 2.40. The van der Waals surface area contributed by atoms with E-state index >= 15 is 0 Å². The van der Waals surface area contributed by atoms with Crippen LogP contribution < -0.4 is 5.32 Å². The number of furan rings is 1. The Bertz CT molecular complexity index is 302. The zero-order chi connectivity index (χ0) is 11.4. The van der Waals surface area contributed by atoms with Crippen molar-refractivity contribution >= 4 is 0 Å². The average Bonchev–Trinajstić information content (AvgIpc) is 2.90. The van der Waals surface area contributed by atoms with Gasteiger partial charge in [0.1, 0.15) is 0 Å². The lowest BCUT2D eigenvalue weighted by Crippen LogP contribution is -2.36. The van der Waals surface area contributed by atoms with Gasteiger partial charge in [-0.2, -0.15) is 0 Å². The molecule has 90 valence electrons. The fraction of sp³-hybridized carbons (Fsp3) is 0.692. The zero-order valence-electron chi connectivity index (χ0n) is 10.3. The molecule has 2 heterocycles. The van der Waals surface area contributed by atoms with Crippen LogP contribution in [0.1, 0.15) is 25.3 Å². The molecule has 3 heteroatoms. The van der Waals surface area contributed by atoms with Gasteiger partial charge in [-0.3, -0.25) is 0 Å². The number of rotatable bonds is 5. The minimum absolute atomic E-state index is 0.485. The van der Waals surface area contributed by atoms with Crippen LogP contribution in [0.2, 0.25) is 0 Å². The van der Waals surface area contributed by atoms with Crippen molar-refractivity contribution in [3.05, 3.63) is 24.2 Å². The molecule has 1 fully saturated rings. The molecule has 1 unspecified atom stereocenters. The van der Waals surface area contributed by atoms with Gasteiger partial charge >= 0.3 is 0 Å². The lowest BCUT2D eigenvalue weighted by atomic mass is 9.84. The maximum atomic E-state index is 5.10. The quantitative estimate of drug-likeness (QED) is 0.827. The summed E-state index contributed by atoms with van der Waals surface area (Å²) in [6.45, 7) is 6.80. The molecule has 16 heavy (non-hydrogen) atoms. The molecule has 0 spiro atoms. The topological polar surface area (TPSA) is 28.4 Å². The Morgan fingerprint density at radius 1 is 1.56 bits per heavy atom. The summed E-state index contributed by atoms with van der Waals surface area (Å²) in [7, 11) is 2.20. The van der Waals surface area contributed by atoms with Crippen molar-refractivity contribution in [1.82, 2.24) is 10.2 Å². The van der Waals surface area contributed by atoms with Gasteiger partial charge in [-0.25, -0.2) is 0 Å². The molecule has 1 aromatic heterocycles. The summed E-state index contributed by atoms with van der Waals surface area (Å²) in [5.41, 5.74) is 1.75. The third-order valence-electron chi connectivity index (χ3n) is 3.72. The number of hydrogen-bond donors (Lipinski definition) is 1. The average molecular weight is 222 g/mol. The Morgan fingerprint density at radius 2 is 2.44 bits per heavy atom. The van der Waals surface area contributed by atoms with Crippen molar-refractivity contribution in [2.45, 2.75) is 26.3 Å². The van der Waals surface area contributed by atoms with Crippen molar-refractivity contribution in [2.24, 2.45) is 5.41 Å². The Kier molecular flexibility index (Phi) is 3.66. The van der Waals surface area contributed by atoms with Crippen LogP contribution in [-0.4, -0.2) is 31.6 Å². The molecule has 1 aromatic rings. The second-order valence-electron chi connectivity index (χ2n) is 5.08. The van der Waals surface area contributed by atoms with E-state index in [0.29, 0.717) is 5.41 Å². The van der Waals surface area contributed by atoms with Gasteiger partial charge in [-0.15, -0.1) is 0 Å². The van der Waals surface area contributed by atoms with E-state index in [9.17, 15) is 0 Å². The third-order valence-corrected chi connectivity index (χ3v) is 3.72. The molecule has 0 amide bonds. The van der Waals surface area contributed by atoms with Gasteiger partial charge in [0.2, 0.25) is 0 Å². The summed E-state index contributed by atoms with van der Waals surface area (Å²) < 4.78 is 5.10. The number of nitrogens with zero attached hydrogens (tertiary/aromatic N) is 1. The van der Waals surface area contributed by atoms with Crippen LogP contribution in [-0.2, 0) is 6.54 Å². The molecule has 1 aliphatic rings. The van der Waals surface area contributed by atoms with Crippen LogP contribution in [0.5, 0.6) is 0 Å². The first-order valence-corrected chi connectivity index (χ1v) is 6.14. The van der Waals surface area contributed by atoms with Crippen LogP contribution in [0.25, 0.3) is 0 Å². The smallest absolute Gasteiger partial charge is 0.0947 e. The highest BCUT2D eigenvalue weighted by molar-refractivity contribution is 5.05. The first-order chi connectivity index (χ1) is 7.74. The largest absolute Gasteiger partial charge is 0.472 e. The highest BCUT2D eigenvalue weighted by atomic mass is 16.3. The molecule has 2 rings (SSSR count). The number of nitrogens with one attached hydrogen (secondary N) is 1. The third kappa shape index (κ3) is 2.66. The molecule has 1 atom stereocenters. The van der Waals surface area contributed by atoms with Crippen molar-refractivity contribution in [2.75, 3.05) is 26.7 Å². The van der Waals surface area contributed by atoms with E-state index in [1.807, 2.05) is 12.3 Å². The lowest BCUT2D eigenvalue weighted by molar-refractivity contribution is 0.179. The summed E-state index contributed by atoms with van der Waals surface area (Å²) >= 11 is 0. The van der Waals surface area contributed by atoms with Crippen LogP contribution in [0.4, 0.5) is 0 Å². The van der Waals surface area contributed by atoms with E-state index < -0.39 is 0 Å². The van der Waals surface area contributed by atoms with Gasteiger partial charge in [0.15, 0.2) is 0 Å². The summed E-state index contributed by atoms with van der Waals surface area (Å²) in [6, 6.07) is 2.04. The summed E-state index contributed by atoms with van der Waals surface area (Å²) in [6.07, 6.45) is 6.15. The van der Waals surface area contributed by atoms with Gasteiger partial charge in [0.05, 0.1) is 12.5 Å². The van der Waals surface area contributed by atoms with Crippen molar-refractivity contribution in [3.8, 4) is 0 Å². The lowest BCUT2D eigenvalue weighted by Gasteiger charge is -2.31. The van der Waals surface area contributed by atoms with Gasteiger partial charge < -0.3 is 14.6 Å². The van der Waals surface area contributed by atoms with E-state index in [0.717, 1.165) is 6.54 Å². The second-order valence-corrected chi connectivity index (χ2v) is 5.08.